The fourth-order valence-corrected chi connectivity index (χ4v) is 4.83. The van der Waals surface area contributed by atoms with Crippen LogP contribution in [0, 0.1) is 0 Å². The van der Waals surface area contributed by atoms with E-state index < -0.39 is 5.60 Å². The van der Waals surface area contributed by atoms with Gasteiger partial charge in [-0.15, -0.1) is 0 Å². The molecule has 1 fully saturated rings. The zero-order chi connectivity index (χ0) is 26.0. The van der Waals surface area contributed by atoms with Crippen molar-refractivity contribution in [1.29, 1.82) is 0 Å². The lowest BCUT2D eigenvalue weighted by molar-refractivity contribution is 0.0141. The molecule has 0 atom stereocenters. The Morgan fingerprint density at radius 2 is 1.49 bits per heavy atom. The number of para-hydroxylation sites is 1. The lowest BCUT2D eigenvalue weighted by Crippen LogP contribution is -2.51. The van der Waals surface area contributed by atoms with E-state index in [1.165, 1.54) is 0 Å². The number of fused-ring (bicyclic) bond motifs is 1. The minimum atomic E-state index is -0.552. The van der Waals surface area contributed by atoms with Crippen LogP contribution in [0.25, 0.3) is 16.6 Å². The van der Waals surface area contributed by atoms with Crippen LogP contribution in [-0.2, 0) is 11.2 Å². The minimum absolute atomic E-state index is 0.0272. The number of aromatic nitrogens is 2. The molecular weight excluding hydrogens is 464 g/mol. The van der Waals surface area contributed by atoms with Crippen LogP contribution >= 0.6 is 0 Å². The van der Waals surface area contributed by atoms with Crippen LogP contribution in [0.15, 0.2) is 79.1 Å². The summed E-state index contributed by atoms with van der Waals surface area (Å²) in [4.78, 5) is 34.6. The molecule has 2 amide bonds. The van der Waals surface area contributed by atoms with Crippen molar-refractivity contribution in [1.82, 2.24) is 19.4 Å². The molecule has 3 heterocycles. The van der Waals surface area contributed by atoms with E-state index in [0.717, 1.165) is 27.8 Å². The first-order valence-electron chi connectivity index (χ1n) is 12.7. The van der Waals surface area contributed by atoms with Crippen LogP contribution in [0.2, 0.25) is 0 Å². The van der Waals surface area contributed by atoms with Crippen molar-refractivity contribution in [2.24, 2.45) is 0 Å². The molecule has 0 spiro atoms. The molecule has 7 heteroatoms. The first-order valence-corrected chi connectivity index (χ1v) is 12.7. The van der Waals surface area contributed by atoms with Crippen LogP contribution in [0.1, 0.15) is 42.4 Å². The van der Waals surface area contributed by atoms with Gasteiger partial charge in [-0.1, -0.05) is 48.5 Å². The number of hydrogen-bond donors (Lipinski definition) is 0. The van der Waals surface area contributed by atoms with Gasteiger partial charge in [0.15, 0.2) is 0 Å². The molecule has 0 unspecified atom stereocenters. The van der Waals surface area contributed by atoms with Crippen LogP contribution in [0.4, 0.5) is 4.79 Å². The molecular formula is C30H32N4O3. The predicted molar refractivity (Wildman–Crippen MR) is 144 cm³/mol. The van der Waals surface area contributed by atoms with Crippen molar-refractivity contribution >= 4 is 22.9 Å². The Balaban J connectivity index is 1.52. The summed E-state index contributed by atoms with van der Waals surface area (Å²) in [5.41, 5.74) is 4.08. The van der Waals surface area contributed by atoms with E-state index in [-0.39, 0.29) is 12.0 Å². The third kappa shape index (κ3) is 5.21. The lowest BCUT2D eigenvalue weighted by Gasteiger charge is -2.35. The van der Waals surface area contributed by atoms with E-state index in [1.807, 2.05) is 74.3 Å². The van der Waals surface area contributed by atoms with Crippen molar-refractivity contribution in [3.05, 3.63) is 95.9 Å². The Morgan fingerprint density at radius 3 is 2.14 bits per heavy atom. The van der Waals surface area contributed by atoms with Gasteiger partial charge in [0.05, 0.1) is 17.3 Å². The number of carbonyl (C=O) groups excluding carboxylic acids is 2. The van der Waals surface area contributed by atoms with Crippen molar-refractivity contribution in [2.75, 3.05) is 26.2 Å². The van der Waals surface area contributed by atoms with Gasteiger partial charge < -0.3 is 19.1 Å². The van der Waals surface area contributed by atoms with Gasteiger partial charge in [0.1, 0.15) is 5.60 Å². The fraction of sp³-hybridized carbons (Fsp3) is 0.300. The average molecular weight is 497 g/mol. The van der Waals surface area contributed by atoms with Crippen LogP contribution in [-0.4, -0.2) is 63.1 Å². The predicted octanol–water partition coefficient (Wildman–Crippen LogP) is 5.31. The quantitative estimate of drug-likeness (QED) is 0.384. The smallest absolute Gasteiger partial charge is 0.410 e. The van der Waals surface area contributed by atoms with Gasteiger partial charge in [0.2, 0.25) is 0 Å². The lowest BCUT2D eigenvalue weighted by atomic mass is 10.0. The van der Waals surface area contributed by atoms with Gasteiger partial charge in [-0.25, -0.2) is 4.79 Å². The monoisotopic (exact) mass is 496 g/mol. The molecule has 1 aliphatic heterocycles. The summed E-state index contributed by atoms with van der Waals surface area (Å²) in [6.07, 6.45) is 3.83. The second kappa shape index (κ2) is 10.1. The molecule has 0 bridgehead atoms. The molecule has 5 rings (SSSR count). The molecule has 7 nitrogen and oxygen atoms in total. The highest BCUT2D eigenvalue weighted by Gasteiger charge is 2.31. The maximum Gasteiger partial charge on any atom is 0.410 e. The summed E-state index contributed by atoms with van der Waals surface area (Å²) in [6.45, 7) is 7.35. The van der Waals surface area contributed by atoms with Gasteiger partial charge in [0, 0.05) is 55.6 Å². The normalized spacial score (nSPS) is 14.1. The Morgan fingerprint density at radius 1 is 0.865 bits per heavy atom. The van der Waals surface area contributed by atoms with Crippen LogP contribution in [0.3, 0.4) is 0 Å². The molecule has 2 aromatic heterocycles. The fourth-order valence-electron chi connectivity index (χ4n) is 4.83. The Bertz CT molecular complexity index is 1400. The van der Waals surface area contributed by atoms with Crippen molar-refractivity contribution in [3.8, 4) is 5.69 Å². The van der Waals surface area contributed by atoms with Crippen molar-refractivity contribution in [2.45, 2.75) is 32.8 Å². The first-order chi connectivity index (χ1) is 17.8. The summed E-state index contributed by atoms with van der Waals surface area (Å²) in [7, 11) is 0. The van der Waals surface area contributed by atoms with E-state index in [0.29, 0.717) is 38.2 Å². The molecule has 0 aliphatic carbocycles. The number of ether oxygens (including phenoxy) is 1. The summed E-state index contributed by atoms with van der Waals surface area (Å²) in [5, 5.41) is 0.879. The van der Waals surface area contributed by atoms with Gasteiger partial charge >= 0.3 is 6.09 Å². The molecule has 0 N–H and O–H groups in total. The number of hydrogen-bond acceptors (Lipinski definition) is 4. The third-order valence-corrected chi connectivity index (χ3v) is 6.53. The molecule has 2 aromatic carbocycles. The van der Waals surface area contributed by atoms with Gasteiger partial charge in [0.25, 0.3) is 5.91 Å². The highest BCUT2D eigenvalue weighted by atomic mass is 16.6. The van der Waals surface area contributed by atoms with E-state index in [1.54, 1.807) is 11.1 Å². The first kappa shape index (κ1) is 24.6. The third-order valence-electron chi connectivity index (χ3n) is 6.53. The Labute approximate surface area is 217 Å². The highest BCUT2D eigenvalue weighted by Crippen LogP contribution is 2.32. The summed E-state index contributed by atoms with van der Waals surface area (Å²) >= 11 is 0. The van der Waals surface area contributed by atoms with Crippen molar-refractivity contribution < 1.29 is 14.3 Å². The zero-order valence-corrected chi connectivity index (χ0v) is 21.6. The molecule has 1 saturated heterocycles. The number of rotatable bonds is 4. The van der Waals surface area contributed by atoms with E-state index in [4.69, 9.17) is 4.74 Å². The number of benzene rings is 2. The molecule has 1 aliphatic rings. The van der Waals surface area contributed by atoms with E-state index >= 15 is 0 Å². The van der Waals surface area contributed by atoms with E-state index in [9.17, 15) is 9.59 Å². The highest BCUT2D eigenvalue weighted by molar-refractivity contribution is 6.09. The largest absolute Gasteiger partial charge is 0.444 e. The topological polar surface area (TPSA) is 67.7 Å². The maximum atomic E-state index is 14.1. The van der Waals surface area contributed by atoms with Crippen LogP contribution in [0.5, 0.6) is 0 Å². The Hall–Kier alpha value is -4.13. The molecule has 0 saturated carbocycles. The minimum Gasteiger partial charge on any atom is -0.444 e. The SMILES string of the molecule is CC(C)(C)OC(=O)N1CCN(C(=O)c2c(Cc3ccccc3)n(-c3ccccc3)c3cnccc23)CC1. The molecule has 4 aromatic rings. The number of piperazine rings is 1. The molecule has 37 heavy (non-hydrogen) atoms. The second-order valence-electron chi connectivity index (χ2n) is 10.3. The average Bonchev–Trinajstić information content (AvgIpc) is 3.22. The summed E-state index contributed by atoms with van der Waals surface area (Å²) in [6, 6.07) is 22.2. The zero-order valence-electron chi connectivity index (χ0n) is 21.6. The van der Waals surface area contributed by atoms with Gasteiger partial charge in [-0.05, 0) is 44.5 Å². The second-order valence-corrected chi connectivity index (χ2v) is 10.3. The van der Waals surface area contributed by atoms with Crippen molar-refractivity contribution in [3.63, 3.8) is 0 Å². The Kier molecular flexibility index (Phi) is 6.70. The summed E-state index contributed by atoms with van der Waals surface area (Å²) < 4.78 is 7.68. The molecule has 190 valence electrons. The van der Waals surface area contributed by atoms with E-state index in [2.05, 4.69) is 33.8 Å². The number of carbonyl (C=O) groups is 2. The van der Waals surface area contributed by atoms with Gasteiger partial charge in [-0.3, -0.25) is 9.78 Å². The summed E-state index contributed by atoms with van der Waals surface area (Å²) in [5.74, 6) is -0.0272. The number of amides is 2. The number of pyridine rings is 1. The number of nitrogens with zero attached hydrogens (tertiary/aromatic N) is 4. The van der Waals surface area contributed by atoms with Gasteiger partial charge in [-0.2, -0.15) is 0 Å². The molecule has 0 radical (unpaired) electrons. The standard InChI is InChI=1S/C30H32N4O3/c1-30(2,3)37-29(36)33-18-16-32(17-19-33)28(35)27-24-14-15-31-21-26(24)34(23-12-8-5-9-13-23)25(27)20-22-10-6-4-7-11-22/h4-15,21H,16-20H2,1-3H3. The van der Waals surface area contributed by atoms with Crippen LogP contribution < -0.4 is 0 Å². The maximum absolute atomic E-state index is 14.1.